The van der Waals surface area contributed by atoms with Crippen LogP contribution in [0.25, 0.3) is 11.3 Å². The van der Waals surface area contributed by atoms with Crippen LogP contribution in [-0.4, -0.2) is 22.9 Å². The van der Waals surface area contributed by atoms with Crippen LogP contribution >= 0.6 is 15.9 Å². The molecule has 0 radical (unpaired) electrons. The Kier molecular flexibility index (Phi) is 3.99. The summed E-state index contributed by atoms with van der Waals surface area (Å²) in [5, 5.41) is 4.39. The fourth-order valence-electron chi connectivity index (χ4n) is 1.95. The van der Waals surface area contributed by atoms with Crippen LogP contribution < -0.4 is 0 Å². The third-order valence-electron chi connectivity index (χ3n) is 2.86. The minimum atomic E-state index is -0.427. The normalized spacial score (nSPS) is 11.4. The van der Waals surface area contributed by atoms with Crippen molar-refractivity contribution in [1.82, 2.24) is 9.78 Å². The Bertz CT molecular complexity index is 642. The zero-order valence-electron chi connectivity index (χ0n) is 12.0. The fourth-order valence-corrected chi connectivity index (χ4v) is 2.35. The Hall–Kier alpha value is -1.62. The first-order valence-corrected chi connectivity index (χ1v) is 7.07. The molecule has 2 aromatic rings. The number of hydrogen-bond donors (Lipinski definition) is 0. The number of esters is 1. The highest BCUT2D eigenvalue weighted by atomic mass is 79.9. The Morgan fingerprint density at radius 3 is 2.55 bits per heavy atom. The average molecular weight is 337 g/mol. The summed E-state index contributed by atoms with van der Waals surface area (Å²) in [5.74, 6) is -0.427. The van der Waals surface area contributed by atoms with Gasteiger partial charge in [-0.05, 0) is 39.0 Å². The molecule has 0 unspecified atom stereocenters. The first kappa shape index (κ1) is 14.8. The Morgan fingerprint density at radius 1 is 1.30 bits per heavy atom. The van der Waals surface area contributed by atoms with Crippen LogP contribution in [0.1, 0.15) is 31.3 Å². The number of ether oxygens (including phenoxy) is 1. The van der Waals surface area contributed by atoms with Crippen LogP contribution in [0.15, 0.2) is 34.8 Å². The van der Waals surface area contributed by atoms with Crippen molar-refractivity contribution in [3.05, 3.63) is 40.5 Å². The molecule has 1 aromatic carbocycles. The summed E-state index contributed by atoms with van der Waals surface area (Å²) in [6.07, 6.45) is 0. The molecule has 0 aliphatic rings. The number of carbonyl (C=O) groups excluding carboxylic acids is 1. The molecule has 0 atom stereocenters. The van der Waals surface area contributed by atoms with Crippen molar-refractivity contribution in [2.24, 2.45) is 0 Å². The topological polar surface area (TPSA) is 44.1 Å². The summed E-state index contributed by atoms with van der Waals surface area (Å²) >= 11 is 3.46. The monoisotopic (exact) mass is 336 g/mol. The molecule has 0 spiro atoms. The molecule has 4 nitrogen and oxygen atoms in total. The van der Waals surface area contributed by atoms with Gasteiger partial charge in [-0.25, -0.2) is 4.79 Å². The molecule has 0 aliphatic carbocycles. The molecule has 106 valence electrons. The van der Waals surface area contributed by atoms with Gasteiger partial charge in [0.15, 0.2) is 5.69 Å². The van der Waals surface area contributed by atoms with Crippen molar-refractivity contribution < 1.29 is 9.53 Å². The van der Waals surface area contributed by atoms with Gasteiger partial charge in [-0.3, -0.25) is 4.68 Å². The van der Waals surface area contributed by atoms with Crippen LogP contribution in [-0.2, 0) is 10.3 Å². The number of aromatic nitrogens is 2. The zero-order chi connectivity index (χ0) is 14.9. The predicted molar refractivity (Wildman–Crippen MR) is 81.7 cm³/mol. The number of hydrogen-bond acceptors (Lipinski definition) is 3. The van der Waals surface area contributed by atoms with Gasteiger partial charge >= 0.3 is 5.97 Å². The van der Waals surface area contributed by atoms with E-state index in [1.54, 1.807) is 6.07 Å². The maximum atomic E-state index is 11.7. The van der Waals surface area contributed by atoms with E-state index in [1.165, 1.54) is 7.11 Å². The summed E-state index contributed by atoms with van der Waals surface area (Å²) in [5.41, 5.74) is 1.97. The summed E-state index contributed by atoms with van der Waals surface area (Å²) in [6.45, 7) is 6.13. The van der Waals surface area contributed by atoms with E-state index in [4.69, 9.17) is 4.74 Å². The number of nitrogens with zero attached hydrogens (tertiary/aromatic N) is 2. The standard InChI is InChI=1S/C15H17BrN2O2/c1-15(2,3)18-13(9-12(17-18)14(19)20-4)10-6-5-7-11(16)8-10/h5-9H,1-4H3. The highest BCUT2D eigenvalue weighted by Crippen LogP contribution is 2.28. The van der Waals surface area contributed by atoms with Crippen molar-refractivity contribution in [2.75, 3.05) is 7.11 Å². The number of benzene rings is 1. The maximum Gasteiger partial charge on any atom is 0.358 e. The van der Waals surface area contributed by atoms with Crippen molar-refractivity contribution in [1.29, 1.82) is 0 Å². The van der Waals surface area contributed by atoms with Gasteiger partial charge < -0.3 is 4.74 Å². The van der Waals surface area contributed by atoms with E-state index >= 15 is 0 Å². The second-order valence-corrected chi connectivity index (χ2v) is 6.42. The van der Waals surface area contributed by atoms with Gasteiger partial charge in [0, 0.05) is 10.0 Å². The summed E-state index contributed by atoms with van der Waals surface area (Å²) in [4.78, 5) is 11.7. The summed E-state index contributed by atoms with van der Waals surface area (Å²) < 4.78 is 7.58. The fraction of sp³-hybridized carbons (Fsp3) is 0.333. The average Bonchev–Trinajstić information content (AvgIpc) is 2.82. The lowest BCUT2D eigenvalue weighted by atomic mass is 10.1. The molecule has 0 saturated heterocycles. The zero-order valence-corrected chi connectivity index (χ0v) is 13.6. The second-order valence-electron chi connectivity index (χ2n) is 5.50. The molecule has 0 N–H and O–H groups in total. The van der Waals surface area contributed by atoms with Crippen LogP contribution in [0.2, 0.25) is 0 Å². The molecule has 0 amide bonds. The maximum absolute atomic E-state index is 11.7. The minimum absolute atomic E-state index is 0.232. The van der Waals surface area contributed by atoms with Crippen LogP contribution in [0, 0.1) is 0 Å². The molecule has 5 heteroatoms. The Labute approximate surface area is 126 Å². The van der Waals surface area contributed by atoms with Crippen molar-refractivity contribution >= 4 is 21.9 Å². The van der Waals surface area contributed by atoms with E-state index < -0.39 is 5.97 Å². The molecule has 1 heterocycles. The first-order chi connectivity index (χ1) is 9.32. The highest BCUT2D eigenvalue weighted by molar-refractivity contribution is 9.10. The van der Waals surface area contributed by atoms with E-state index in [1.807, 2.05) is 49.7 Å². The quantitative estimate of drug-likeness (QED) is 0.782. The van der Waals surface area contributed by atoms with E-state index in [0.717, 1.165) is 15.7 Å². The summed E-state index contributed by atoms with van der Waals surface area (Å²) in [6, 6.07) is 9.67. The van der Waals surface area contributed by atoms with Gasteiger partial charge in [0.05, 0.1) is 18.3 Å². The molecular formula is C15H17BrN2O2. The lowest BCUT2D eigenvalue weighted by Crippen LogP contribution is -2.24. The molecule has 1 aromatic heterocycles. The largest absolute Gasteiger partial charge is 0.464 e. The van der Waals surface area contributed by atoms with Gasteiger partial charge in [0.25, 0.3) is 0 Å². The van der Waals surface area contributed by atoms with Crippen molar-refractivity contribution in [3.63, 3.8) is 0 Å². The van der Waals surface area contributed by atoms with Gasteiger partial charge in [-0.15, -0.1) is 0 Å². The first-order valence-electron chi connectivity index (χ1n) is 6.28. The number of carbonyl (C=O) groups is 1. The van der Waals surface area contributed by atoms with Crippen molar-refractivity contribution in [2.45, 2.75) is 26.3 Å². The number of rotatable bonds is 2. The third-order valence-corrected chi connectivity index (χ3v) is 3.35. The Balaban J connectivity index is 2.62. The van der Waals surface area contributed by atoms with E-state index in [9.17, 15) is 4.79 Å². The lowest BCUT2D eigenvalue weighted by Gasteiger charge is -2.22. The second kappa shape index (κ2) is 5.40. The van der Waals surface area contributed by atoms with Gasteiger partial charge in [0.2, 0.25) is 0 Å². The van der Waals surface area contributed by atoms with E-state index in [-0.39, 0.29) is 5.54 Å². The van der Waals surface area contributed by atoms with Crippen molar-refractivity contribution in [3.8, 4) is 11.3 Å². The molecule has 0 aliphatic heterocycles. The van der Waals surface area contributed by atoms with Gasteiger partial charge in [-0.2, -0.15) is 5.10 Å². The Morgan fingerprint density at radius 2 is 2.00 bits per heavy atom. The molecule has 0 saturated carbocycles. The molecule has 20 heavy (non-hydrogen) atoms. The van der Waals surface area contributed by atoms with Crippen LogP contribution in [0.4, 0.5) is 0 Å². The molecular weight excluding hydrogens is 320 g/mol. The van der Waals surface area contributed by atoms with Crippen LogP contribution in [0.3, 0.4) is 0 Å². The number of halogens is 1. The molecule has 0 fully saturated rings. The minimum Gasteiger partial charge on any atom is -0.464 e. The summed E-state index contributed by atoms with van der Waals surface area (Å²) in [7, 11) is 1.36. The van der Waals surface area contributed by atoms with Crippen LogP contribution in [0.5, 0.6) is 0 Å². The number of methoxy groups -OCH3 is 1. The molecule has 2 rings (SSSR count). The third kappa shape index (κ3) is 2.93. The van der Waals surface area contributed by atoms with Gasteiger partial charge in [-0.1, -0.05) is 28.1 Å². The predicted octanol–water partition coefficient (Wildman–Crippen LogP) is 3.85. The van der Waals surface area contributed by atoms with Gasteiger partial charge in [0.1, 0.15) is 0 Å². The molecule has 0 bridgehead atoms. The highest BCUT2D eigenvalue weighted by Gasteiger charge is 2.23. The SMILES string of the molecule is COC(=O)c1cc(-c2cccc(Br)c2)n(C(C)(C)C)n1. The van der Waals surface area contributed by atoms with E-state index in [0.29, 0.717) is 5.69 Å². The van der Waals surface area contributed by atoms with E-state index in [2.05, 4.69) is 21.0 Å². The lowest BCUT2D eigenvalue weighted by molar-refractivity contribution is 0.0592. The smallest absolute Gasteiger partial charge is 0.358 e.